The summed E-state index contributed by atoms with van der Waals surface area (Å²) >= 11 is 0. The highest BCUT2D eigenvalue weighted by atomic mass is 16.5. The SMILES string of the molecule is Cc1nc(-c2nccn2C2CCOC3(CCOCC3)C2)cn1C. The van der Waals surface area contributed by atoms with Crippen molar-refractivity contribution in [2.24, 2.45) is 7.05 Å². The molecule has 0 saturated carbocycles. The maximum atomic E-state index is 6.17. The van der Waals surface area contributed by atoms with Gasteiger partial charge in [0.2, 0.25) is 0 Å². The molecule has 1 unspecified atom stereocenters. The number of nitrogens with zero attached hydrogens (tertiary/aromatic N) is 4. The molecule has 4 rings (SSSR count). The summed E-state index contributed by atoms with van der Waals surface area (Å²) in [5, 5.41) is 0. The quantitative estimate of drug-likeness (QED) is 0.854. The first-order chi connectivity index (χ1) is 11.2. The van der Waals surface area contributed by atoms with Gasteiger partial charge in [-0.05, 0) is 32.6 Å². The third kappa shape index (κ3) is 2.70. The second-order valence-corrected chi connectivity index (χ2v) is 6.73. The molecule has 0 radical (unpaired) electrons. The number of rotatable bonds is 2. The van der Waals surface area contributed by atoms with Crippen LogP contribution < -0.4 is 0 Å². The Morgan fingerprint density at radius 2 is 2.09 bits per heavy atom. The molecule has 2 aliphatic heterocycles. The summed E-state index contributed by atoms with van der Waals surface area (Å²) in [5.41, 5.74) is 0.936. The van der Waals surface area contributed by atoms with Gasteiger partial charge in [-0.3, -0.25) is 0 Å². The van der Waals surface area contributed by atoms with Crippen LogP contribution in [0.4, 0.5) is 0 Å². The molecule has 0 amide bonds. The van der Waals surface area contributed by atoms with Crippen LogP contribution in [-0.2, 0) is 16.5 Å². The highest BCUT2D eigenvalue weighted by Gasteiger charge is 2.40. The van der Waals surface area contributed by atoms with Gasteiger partial charge in [-0.25, -0.2) is 9.97 Å². The summed E-state index contributed by atoms with van der Waals surface area (Å²) in [6, 6.07) is 0.418. The van der Waals surface area contributed by atoms with Crippen molar-refractivity contribution in [3.05, 3.63) is 24.4 Å². The largest absolute Gasteiger partial charge is 0.381 e. The lowest BCUT2D eigenvalue weighted by atomic mass is 9.84. The molecule has 6 nitrogen and oxygen atoms in total. The summed E-state index contributed by atoms with van der Waals surface area (Å²) in [6.45, 7) is 4.44. The molecule has 23 heavy (non-hydrogen) atoms. The van der Waals surface area contributed by atoms with Crippen molar-refractivity contribution in [3.8, 4) is 11.5 Å². The molecule has 2 fully saturated rings. The van der Waals surface area contributed by atoms with Crippen molar-refractivity contribution in [2.45, 2.75) is 44.2 Å². The smallest absolute Gasteiger partial charge is 0.160 e. The maximum Gasteiger partial charge on any atom is 0.160 e. The Balaban J connectivity index is 1.62. The van der Waals surface area contributed by atoms with Crippen LogP contribution >= 0.6 is 0 Å². The van der Waals surface area contributed by atoms with Gasteiger partial charge in [-0.2, -0.15) is 0 Å². The van der Waals surface area contributed by atoms with Crippen molar-refractivity contribution in [2.75, 3.05) is 19.8 Å². The summed E-state index contributed by atoms with van der Waals surface area (Å²) in [7, 11) is 2.02. The van der Waals surface area contributed by atoms with Crippen LogP contribution in [0.15, 0.2) is 18.6 Å². The van der Waals surface area contributed by atoms with Crippen LogP contribution in [0.25, 0.3) is 11.5 Å². The minimum absolute atomic E-state index is 0.0112. The fourth-order valence-corrected chi connectivity index (χ4v) is 3.80. The zero-order chi connectivity index (χ0) is 15.9. The van der Waals surface area contributed by atoms with E-state index in [4.69, 9.17) is 9.47 Å². The Morgan fingerprint density at radius 1 is 1.26 bits per heavy atom. The summed E-state index contributed by atoms with van der Waals surface area (Å²) in [6.07, 6.45) is 10.1. The molecule has 1 spiro atoms. The van der Waals surface area contributed by atoms with Gasteiger partial charge in [0.1, 0.15) is 11.5 Å². The summed E-state index contributed by atoms with van der Waals surface area (Å²) in [4.78, 5) is 9.21. The van der Waals surface area contributed by atoms with Crippen LogP contribution in [0.5, 0.6) is 0 Å². The molecule has 6 heteroatoms. The Bertz CT molecular complexity index is 660. The minimum Gasteiger partial charge on any atom is -0.381 e. The average Bonchev–Trinajstić information content (AvgIpc) is 3.15. The first-order valence-electron chi connectivity index (χ1n) is 8.42. The lowest BCUT2D eigenvalue weighted by molar-refractivity contribution is -0.144. The Hall–Kier alpha value is -1.66. The second-order valence-electron chi connectivity index (χ2n) is 6.73. The van der Waals surface area contributed by atoms with Crippen molar-refractivity contribution in [3.63, 3.8) is 0 Å². The number of ether oxygens (including phenoxy) is 2. The highest BCUT2D eigenvalue weighted by molar-refractivity contribution is 5.49. The molecule has 0 aliphatic carbocycles. The van der Waals surface area contributed by atoms with E-state index in [1.165, 1.54) is 0 Å². The third-order valence-electron chi connectivity index (χ3n) is 5.27. The van der Waals surface area contributed by atoms with Gasteiger partial charge >= 0.3 is 0 Å². The van der Waals surface area contributed by atoms with Crippen LogP contribution in [0.3, 0.4) is 0 Å². The first kappa shape index (κ1) is 14.9. The Kier molecular flexibility index (Phi) is 3.73. The van der Waals surface area contributed by atoms with Gasteiger partial charge in [-0.15, -0.1) is 0 Å². The normalized spacial score (nSPS) is 24.2. The van der Waals surface area contributed by atoms with E-state index in [0.29, 0.717) is 6.04 Å². The second kappa shape index (κ2) is 5.76. The molecule has 4 heterocycles. The predicted octanol–water partition coefficient (Wildman–Crippen LogP) is 2.49. The molecule has 0 bridgehead atoms. The van der Waals surface area contributed by atoms with Crippen LogP contribution in [0, 0.1) is 6.92 Å². The third-order valence-corrected chi connectivity index (χ3v) is 5.27. The maximum absolute atomic E-state index is 6.17. The van der Waals surface area contributed by atoms with Gasteiger partial charge < -0.3 is 18.6 Å². The predicted molar refractivity (Wildman–Crippen MR) is 86.2 cm³/mol. The number of hydrogen-bond donors (Lipinski definition) is 0. The monoisotopic (exact) mass is 316 g/mol. The number of hydrogen-bond acceptors (Lipinski definition) is 4. The number of aryl methyl sites for hydroxylation is 2. The van der Waals surface area contributed by atoms with E-state index in [0.717, 1.165) is 62.8 Å². The molecule has 0 N–H and O–H groups in total. The molecule has 124 valence electrons. The highest BCUT2D eigenvalue weighted by Crippen LogP contribution is 2.40. The van der Waals surface area contributed by atoms with Crippen LogP contribution in [0.2, 0.25) is 0 Å². The van der Waals surface area contributed by atoms with E-state index in [1.54, 1.807) is 0 Å². The van der Waals surface area contributed by atoms with E-state index in [1.807, 2.05) is 24.7 Å². The molecule has 2 aliphatic rings. The zero-order valence-corrected chi connectivity index (χ0v) is 13.9. The fraction of sp³-hybridized carbons (Fsp3) is 0.647. The van der Waals surface area contributed by atoms with E-state index in [9.17, 15) is 0 Å². The summed E-state index contributed by atoms with van der Waals surface area (Å²) < 4.78 is 16.0. The molecule has 2 saturated heterocycles. The van der Waals surface area contributed by atoms with E-state index in [-0.39, 0.29) is 5.60 Å². The van der Waals surface area contributed by atoms with Crippen LogP contribution in [-0.4, -0.2) is 44.5 Å². The van der Waals surface area contributed by atoms with Crippen molar-refractivity contribution in [1.29, 1.82) is 0 Å². The van der Waals surface area contributed by atoms with Gasteiger partial charge in [0.25, 0.3) is 0 Å². The molecule has 1 atom stereocenters. The number of imidazole rings is 2. The summed E-state index contributed by atoms with van der Waals surface area (Å²) in [5.74, 6) is 1.96. The average molecular weight is 316 g/mol. The van der Waals surface area contributed by atoms with Crippen LogP contribution in [0.1, 0.15) is 37.5 Å². The molecular formula is C17H24N4O2. The van der Waals surface area contributed by atoms with Gasteiger partial charge in [0, 0.05) is 51.5 Å². The van der Waals surface area contributed by atoms with E-state index >= 15 is 0 Å². The lowest BCUT2D eigenvalue weighted by Crippen LogP contribution is -2.44. The van der Waals surface area contributed by atoms with E-state index < -0.39 is 0 Å². The Morgan fingerprint density at radius 3 is 2.83 bits per heavy atom. The standard InChI is InChI=1S/C17H24N4O2/c1-13-19-15(12-20(13)2)16-18-6-7-21(16)14-3-8-23-17(11-14)4-9-22-10-5-17/h6-7,12,14H,3-5,8-11H2,1-2H3. The number of aromatic nitrogens is 4. The van der Waals surface area contributed by atoms with Crippen molar-refractivity contribution >= 4 is 0 Å². The zero-order valence-electron chi connectivity index (χ0n) is 13.9. The van der Waals surface area contributed by atoms with Crippen molar-refractivity contribution in [1.82, 2.24) is 19.1 Å². The fourth-order valence-electron chi connectivity index (χ4n) is 3.80. The molecule has 2 aromatic heterocycles. The first-order valence-corrected chi connectivity index (χ1v) is 8.42. The van der Waals surface area contributed by atoms with Crippen molar-refractivity contribution < 1.29 is 9.47 Å². The van der Waals surface area contributed by atoms with Gasteiger partial charge in [0.15, 0.2) is 5.82 Å². The Labute approximate surface area is 136 Å². The molecule has 0 aromatic carbocycles. The minimum atomic E-state index is -0.0112. The van der Waals surface area contributed by atoms with Gasteiger partial charge in [0.05, 0.1) is 5.60 Å². The van der Waals surface area contributed by atoms with Gasteiger partial charge in [-0.1, -0.05) is 0 Å². The molecule has 2 aromatic rings. The molecular weight excluding hydrogens is 292 g/mol. The topological polar surface area (TPSA) is 54.1 Å². The van der Waals surface area contributed by atoms with E-state index in [2.05, 4.69) is 26.9 Å². The lowest BCUT2D eigenvalue weighted by Gasteiger charge is -2.43.